The van der Waals surface area contributed by atoms with Crippen LogP contribution in [0.3, 0.4) is 0 Å². The van der Waals surface area contributed by atoms with Gasteiger partial charge in [0.05, 0.1) is 11.4 Å². The Hall–Kier alpha value is -4.46. The van der Waals surface area contributed by atoms with Crippen LogP contribution in [0.25, 0.3) is 11.3 Å². The first-order valence-electron chi connectivity index (χ1n) is 13.3. The van der Waals surface area contributed by atoms with Gasteiger partial charge in [-0.2, -0.15) is 0 Å². The van der Waals surface area contributed by atoms with Gasteiger partial charge in [0, 0.05) is 48.9 Å². The lowest BCUT2D eigenvalue weighted by Gasteiger charge is -2.29. The average Bonchev–Trinajstić information content (AvgIpc) is 2.96. The van der Waals surface area contributed by atoms with Gasteiger partial charge in [-0.05, 0) is 85.0 Å². The molecule has 0 aliphatic carbocycles. The lowest BCUT2D eigenvalue weighted by atomic mass is 9.98. The highest BCUT2D eigenvalue weighted by Gasteiger charge is 2.17. The van der Waals surface area contributed by atoms with Gasteiger partial charge in [-0.3, -0.25) is 4.79 Å². The summed E-state index contributed by atoms with van der Waals surface area (Å²) in [4.78, 5) is 23.2. The zero-order valence-corrected chi connectivity index (χ0v) is 22.0. The summed E-state index contributed by atoms with van der Waals surface area (Å²) in [7, 11) is 0. The number of benzene rings is 3. The van der Waals surface area contributed by atoms with Crippen LogP contribution in [0.4, 0.5) is 30.5 Å². The second kappa shape index (κ2) is 12.2. The molecule has 8 heteroatoms. The number of allylic oxidation sites excluding steroid dienone is 1. The van der Waals surface area contributed by atoms with Crippen LogP contribution in [-0.4, -0.2) is 28.8 Å². The Morgan fingerprint density at radius 3 is 2.52 bits per heavy atom. The van der Waals surface area contributed by atoms with Crippen molar-refractivity contribution in [2.75, 3.05) is 23.3 Å². The molecule has 2 heterocycles. The number of carbonyl (C=O) groups excluding carboxylic acids is 1. The second-order valence-corrected chi connectivity index (χ2v) is 9.87. The molecule has 3 aromatic carbocycles. The molecule has 0 atom stereocenters. The van der Waals surface area contributed by atoms with E-state index in [0.717, 1.165) is 44.0 Å². The molecular formula is C32H29F3N4O. The van der Waals surface area contributed by atoms with E-state index in [2.05, 4.69) is 16.9 Å². The monoisotopic (exact) mass is 542 g/mol. The Balaban J connectivity index is 1.51. The van der Waals surface area contributed by atoms with Gasteiger partial charge in [0.2, 0.25) is 5.95 Å². The Morgan fingerprint density at radius 2 is 1.75 bits per heavy atom. The highest BCUT2D eigenvalue weighted by atomic mass is 19.1. The van der Waals surface area contributed by atoms with Gasteiger partial charge in [-0.15, -0.1) is 0 Å². The maximum absolute atomic E-state index is 14.7. The first-order valence-corrected chi connectivity index (χ1v) is 13.3. The summed E-state index contributed by atoms with van der Waals surface area (Å²) in [6.07, 6.45) is 6.19. The van der Waals surface area contributed by atoms with Crippen LogP contribution in [-0.2, 0) is 17.6 Å². The Morgan fingerprint density at radius 1 is 0.950 bits per heavy atom. The van der Waals surface area contributed by atoms with E-state index < -0.39 is 5.82 Å². The lowest BCUT2D eigenvalue weighted by molar-refractivity contribution is -0.114. The Labute approximate surface area is 231 Å². The molecular weight excluding hydrogens is 513 g/mol. The van der Waals surface area contributed by atoms with Gasteiger partial charge in [0.25, 0.3) is 0 Å². The average molecular weight is 543 g/mol. The van der Waals surface area contributed by atoms with Crippen molar-refractivity contribution in [1.82, 2.24) is 9.97 Å². The molecule has 1 aromatic heterocycles. The molecule has 40 heavy (non-hydrogen) atoms. The van der Waals surface area contributed by atoms with Crippen LogP contribution < -0.4 is 10.2 Å². The van der Waals surface area contributed by atoms with E-state index in [1.165, 1.54) is 24.3 Å². The number of piperidine rings is 1. The molecule has 0 unspecified atom stereocenters. The van der Waals surface area contributed by atoms with E-state index in [1.54, 1.807) is 42.6 Å². The number of anilines is 3. The Bertz CT molecular complexity index is 1550. The number of nitrogens with one attached hydrogen (secondary N) is 1. The minimum absolute atomic E-state index is 0.131. The number of aromatic nitrogens is 2. The molecule has 5 nitrogen and oxygen atoms in total. The van der Waals surface area contributed by atoms with Crippen LogP contribution in [0.2, 0.25) is 0 Å². The van der Waals surface area contributed by atoms with E-state index in [0.29, 0.717) is 34.6 Å². The van der Waals surface area contributed by atoms with Crippen molar-refractivity contribution in [2.45, 2.75) is 32.1 Å². The summed E-state index contributed by atoms with van der Waals surface area (Å²) >= 11 is 0. The number of hydrogen-bond acceptors (Lipinski definition) is 5. The molecule has 1 aliphatic heterocycles. The normalized spacial score (nSPS) is 13.2. The molecule has 0 spiro atoms. The summed E-state index contributed by atoms with van der Waals surface area (Å²) in [6, 6.07) is 15.5. The lowest BCUT2D eigenvalue weighted by Crippen LogP contribution is -2.30. The number of rotatable bonds is 9. The standard InChI is InChI=1S/C32H29F3N4O/c1-2-27(40)18-23-17-22(9-11-28(23)34)31-24(15-21-7-6-8-25(33)16-21)20-36-32(38-31)37-26-10-12-29(35)30(19-26)39-13-4-3-5-14-39/h2,6-12,16-17,19-20H,1,3-5,13-15,18H2,(H,36,37,38). The van der Waals surface area contributed by atoms with Gasteiger partial charge in [0.1, 0.15) is 17.5 Å². The maximum atomic E-state index is 14.7. The third kappa shape index (κ3) is 6.39. The molecule has 1 saturated heterocycles. The van der Waals surface area contributed by atoms with Crippen LogP contribution in [0.5, 0.6) is 0 Å². The van der Waals surface area contributed by atoms with Crippen LogP contribution in [0.1, 0.15) is 36.0 Å². The zero-order chi connectivity index (χ0) is 28.1. The zero-order valence-electron chi connectivity index (χ0n) is 22.0. The third-order valence-corrected chi connectivity index (χ3v) is 6.96. The van der Waals surface area contributed by atoms with E-state index in [4.69, 9.17) is 4.98 Å². The first-order chi connectivity index (χ1) is 19.4. The fourth-order valence-corrected chi connectivity index (χ4v) is 4.93. The molecule has 1 fully saturated rings. The first kappa shape index (κ1) is 27.1. The number of halogens is 3. The maximum Gasteiger partial charge on any atom is 0.227 e. The molecule has 5 rings (SSSR count). The quantitative estimate of drug-likeness (QED) is 0.227. The summed E-state index contributed by atoms with van der Waals surface area (Å²) in [5, 5.41) is 3.17. The molecule has 204 valence electrons. The number of hydrogen-bond donors (Lipinski definition) is 1. The summed E-state index contributed by atoms with van der Waals surface area (Å²) in [6.45, 7) is 5.08. The van der Waals surface area contributed by atoms with Crippen LogP contribution in [0.15, 0.2) is 79.5 Å². The van der Waals surface area contributed by atoms with E-state index in [9.17, 15) is 18.0 Å². The predicted molar refractivity (Wildman–Crippen MR) is 151 cm³/mol. The molecule has 0 bridgehead atoms. The van der Waals surface area contributed by atoms with Crippen molar-refractivity contribution >= 4 is 23.1 Å². The summed E-state index contributed by atoms with van der Waals surface area (Å²) < 4.78 is 43.1. The Kier molecular flexibility index (Phi) is 8.24. The second-order valence-electron chi connectivity index (χ2n) is 9.87. The highest BCUT2D eigenvalue weighted by Crippen LogP contribution is 2.30. The molecule has 1 aliphatic rings. The van der Waals surface area contributed by atoms with Crippen LogP contribution in [0, 0.1) is 17.5 Å². The topological polar surface area (TPSA) is 58.1 Å². The van der Waals surface area contributed by atoms with Crippen LogP contribution >= 0.6 is 0 Å². The van der Waals surface area contributed by atoms with Gasteiger partial charge in [-0.25, -0.2) is 23.1 Å². The van der Waals surface area contributed by atoms with Crippen molar-refractivity contribution in [3.05, 3.63) is 114 Å². The van der Waals surface area contributed by atoms with Gasteiger partial charge in [0.15, 0.2) is 5.78 Å². The molecule has 0 amide bonds. The summed E-state index contributed by atoms with van der Waals surface area (Å²) in [5.74, 6) is -1.18. The van der Waals surface area contributed by atoms with Crippen molar-refractivity contribution in [3.8, 4) is 11.3 Å². The predicted octanol–water partition coefficient (Wildman–Crippen LogP) is 7.18. The smallest absolute Gasteiger partial charge is 0.227 e. The number of nitrogens with zero attached hydrogens (tertiary/aromatic N) is 3. The van der Waals surface area contributed by atoms with Crippen molar-refractivity contribution < 1.29 is 18.0 Å². The third-order valence-electron chi connectivity index (χ3n) is 6.96. The van der Waals surface area contributed by atoms with Gasteiger partial charge in [-0.1, -0.05) is 18.7 Å². The molecule has 0 radical (unpaired) electrons. The fourth-order valence-electron chi connectivity index (χ4n) is 4.93. The fraction of sp³-hybridized carbons (Fsp3) is 0.219. The van der Waals surface area contributed by atoms with E-state index >= 15 is 0 Å². The number of carbonyl (C=O) groups is 1. The highest BCUT2D eigenvalue weighted by molar-refractivity contribution is 5.91. The minimum Gasteiger partial charge on any atom is -0.369 e. The van der Waals surface area contributed by atoms with Crippen molar-refractivity contribution in [1.29, 1.82) is 0 Å². The van der Waals surface area contributed by atoms with E-state index in [1.807, 2.05) is 4.90 Å². The van der Waals surface area contributed by atoms with Gasteiger partial charge < -0.3 is 10.2 Å². The minimum atomic E-state index is -0.505. The largest absolute Gasteiger partial charge is 0.369 e. The molecule has 1 N–H and O–H groups in total. The van der Waals surface area contributed by atoms with Crippen molar-refractivity contribution in [2.24, 2.45) is 0 Å². The van der Waals surface area contributed by atoms with Gasteiger partial charge >= 0.3 is 0 Å². The molecule has 4 aromatic rings. The van der Waals surface area contributed by atoms with E-state index in [-0.39, 0.29) is 35.4 Å². The number of ketones is 1. The van der Waals surface area contributed by atoms with Crippen molar-refractivity contribution in [3.63, 3.8) is 0 Å². The summed E-state index contributed by atoms with van der Waals surface area (Å²) in [5.41, 5.74) is 3.88. The SMILES string of the molecule is C=CC(=O)Cc1cc(-c2nc(Nc3ccc(F)c(N4CCCCC4)c3)ncc2Cc2cccc(F)c2)ccc1F. The molecule has 0 saturated carbocycles.